The lowest BCUT2D eigenvalue weighted by molar-refractivity contribution is -0.352. The number of nitrogens with zero attached hydrogens (tertiary/aromatic N) is 2. The lowest BCUT2D eigenvalue weighted by atomic mass is 9.82. The average Bonchev–Trinajstić information content (AvgIpc) is 3.07. The predicted octanol–water partition coefficient (Wildman–Crippen LogP) is 1.45. The zero-order chi connectivity index (χ0) is 13.4. The zero-order valence-electron chi connectivity index (χ0n) is 9.85. The van der Waals surface area contributed by atoms with Gasteiger partial charge in [0.15, 0.2) is 0 Å². The van der Waals surface area contributed by atoms with E-state index in [9.17, 15) is 13.2 Å². The number of aromatic nitrogens is 2. The number of halogens is 3. The normalized spacial score (nSPS) is 43.6. The van der Waals surface area contributed by atoms with Crippen LogP contribution in [-0.2, 0) is 10.2 Å². The van der Waals surface area contributed by atoms with Crippen molar-refractivity contribution >= 4 is 0 Å². The predicted molar refractivity (Wildman–Crippen MR) is 55.0 cm³/mol. The minimum atomic E-state index is -4.57. The van der Waals surface area contributed by atoms with Gasteiger partial charge in [0.2, 0.25) is 11.8 Å². The highest BCUT2D eigenvalue weighted by Gasteiger charge is 2.81. The molecule has 1 aromatic rings. The van der Waals surface area contributed by atoms with Crippen molar-refractivity contribution in [3.05, 3.63) is 11.8 Å². The molecular weight excluding hydrogens is 263 g/mol. The fraction of sp³-hybridized carbons (Fsp3) is 0.818. The van der Waals surface area contributed by atoms with E-state index in [4.69, 9.17) is 10.2 Å². The second-order valence-corrected chi connectivity index (χ2v) is 5.68. The maximum atomic E-state index is 12.0. The van der Waals surface area contributed by atoms with Crippen LogP contribution in [0.5, 0.6) is 0 Å². The van der Waals surface area contributed by atoms with E-state index in [1.807, 2.05) is 0 Å². The van der Waals surface area contributed by atoms with Crippen molar-refractivity contribution in [1.82, 2.24) is 10.2 Å². The van der Waals surface area contributed by atoms with Crippen LogP contribution < -0.4 is 5.73 Å². The molecule has 1 aromatic heterocycles. The molecule has 0 amide bonds. The fourth-order valence-corrected chi connectivity index (χ4v) is 2.99. The number of fused-ring (bicyclic) bond motifs is 1. The molecule has 0 spiro atoms. The van der Waals surface area contributed by atoms with Crippen molar-refractivity contribution < 1.29 is 22.3 Å². The lowest BCUT2D eigenvalue weighted by Crippen LogP contribution is -2.34. The molecule has 3 aliphatic carbocycles. The Morgan fingerprint density at radius 1 is 1.32 bits per heavy atom. The SMILES string of the molecule is NC1C2CC12c1nnc(C2CC(OC(F)(F)F)C2)o1. The van der Waals surface area contributed by atoms with Crippen LogP contribution >= 0.6 is 0 Å². The first-order chi connectivity index (χ1) is 8.90. The molecule has 0 bridgehead atoms. The van der Waals surface area contributed by atoms with E-state index in [2.05, 4.69) is 14.9 Å². The molecule has 0 aliphatic heterocycles. The molecule has 3 unspecified atom stereocenters. The first kappa shape index (κ1) is 11.7. The first-order valence-corrected chi connectivity index (χ1v) is 6.24. The summed E-state index contributed by atoms with van der Waals surface area (Å²) in [5.74, 6) is 1.30. The molecular formula is C11H12F3N3O2. The summed E-state index contributed by atoms with van der Waals surface area (Å²) in [5, 5.41) is 7.91. The Kier molecular flexibility index (Phi) is 2.02. The van der Waals surface area contributed by atoms with Gasteiger partial charge in [-0.3, -0.25) is 4.74 Å². The second-order valence-electron chi connectivity index (χ2n) is 5.68. The van der Waals surface area contributed by atoms with Crippen LogP contribution in [0.3, 0.4) is 0 Å². The topological polar surface area (TPSA) is 74.2 Å². The summed E-state index contributed by atoms with van der Waals surface area (Å²) in [6.07, 6.45) is -3.85. The van der Waals surface area contributed by atoms with Gasteiger partial charge < -0.3 is 10.2 Å². The van der Waals surface area contributed by atoms with Crippen LogP contribution in [0.1, 0.15) is 37.0 Å². The van der Waals surface area contributed by atoms with E-state index in [0.717, 1.165) is 6.42 Å². The molecule has 1 heterocycles. The highest BCUT2D eigenvalue weighted by molar-refractivity contribution is 5.42. The quantitative estimate of drug-likeness (QED) is 0.903. The molecule has 5 nitrogen and oxygen atoms in total. The van der Waals surface area contributed by atoms with Gasteiger partial charge in [-0.25, -0.2) is 0 Å². The third kappa shape index (κ3) is 1.62. The van der Waals surface area contributed by atoms with Gasteiger partial charge in [0.05, 0.1) is 11.5 Å². The maximum absolute atomic E-state index is 12.0. The van der Waals surface area contributed by atoms with E-state index in [-0.39, 0.29) is 30.2 Å². The first-order valence-electron chi connectivity index (χ1n) is 6.24. The summed E-state index contributed by atoms with van der Waals surface area (Å²) in [6.45, 7) is 0. The number of hydrogen-bond donors (Lipinski definition) is 1. The second kappa shape index (κ2) is 3.29. The van der Waals surface area contributed by atoms with Crippen molar-refractivity contribution in [3.63, 3.8) is 0 Å². The minimum absolute atomic E-state index is 0.100. The summed E-state index contributed by atoms with van der Waals surface area (Å²) < 4.78 is 45.5. The van der Waals surface area contributed by atoms with Gasteiger partial charge in [0, 0.05) is 12.0 Å². The highest BCUT2D eigenvalue weighted by Crippen LogP contribution is 2.73. The molecule has 19 heavy (non-hydrogen) atoms. The highest BCUT2D eigenvalue weighted by atomic mass is 19.4. The van der Waals surface area contributed by atoms with E-state index < -0.39 is 12.5 Å². The summed E-state index contributed by atoms with van der Waals surface area (Å²) in [7, 11) is 0. The van der Waals surface area contributed by atoms with Gasteiger partial charge in [-0.2, -0.15) is 0 Å². The Balaban J connectivity index is 1.38. The largest absolute Gasteiger partial charge is 0.522 e. The molecule has 2 N–H and O–H groups in total. The molecule has 0 saturated heterocycles. The number of hydrogen-bond acceptors (Lipinski definition) is 5. The number of alkyl halides is 3. The van der Waals surface area contributed by atoms with Crippen molar-refractivity contribution in [2.45, 2.75) is 49.1 Å². The van der Waals surface area contributed by atoms with Gasteiger partial charge in [-0.1, -0.05) is 0 Å². The molecule has 3 saturated carbocycles. The van der Waals surface area contributed by atoms with Crippen LogP contribution in [0, 0.1) is 5.92 Å². The van der Waals surface area contributed by atoms with E-state index in [1.54, 1.807) is 0 Å². The third-order valence-electron chi connectivity index (χ3n) is 4.56. The average molecular weight is 275 g/mol. The van der Waals surface area contributed by atoms with E-state index in [1.165, 1.54) is 0 Å². The standard InChI is InChI=1S/C11H12F3N3O2/c12-11(13,14)19-5-1-4(2-5)8-16-17-9(18-8)10-3-6(10)7(10)15/h4-7H,1-3,15H2. The number of rotatable bonds is 3. The van der Waals surface area contributed by atoms with Crippen LogP contribution in [0.25, 0.3) is 0 Å². The zero-order valence-corrected chi connectivity index (χ0v) is 9.85. The van der Waals surface area contributed by atoms with Crippen molar-refractivity contribution in [2.75, 3.05) is 0 Å². The molecule has 8 heteroatoms. The van der Waals surface area contributed by atoms with E-state index in [0.29, 0.717) is 17.7 Å². The molecule has 3 atom stereocenters. The van der Waals surface area contributed by atoms with Gasteiger partial charge in [0.1, 0.15) is 0 Å². The summed E-state index contributed by atoms with van der Waals surface area (Å²) in [5.41, 5.74) is 5.73. The number of ether oxygens (including phenoxy) is 1. The van der Waals surface area contributed by atoms with Gasteiger partial charge >= 0.3 is 6.36 Å². The molecule has 0 aromatic carbocycles. The Bertz CT molecular complexity index is 520. The van der Waals surface area contributed by atoms with Crippen molar-refractivity contribution in [1.29, 1.82) is 0 Å². The van der Waals surface area contributed by atoms with Gasteiger partial charge in [-0.15, -0.1) is 23.4 Å². The molecule has 4 rings (SSSR count). The minimum Gasteiger partial charge on any atom is -0.424 e. The maximum Gasteiger partial charge on any atom is 0.522 e. The summed E-state index contributed by atoms with van der Waals surface area (Å²) in [4.78, 5) is 0. The Morgan fingerprint density at radius 2 is 2.00 bits per heavy atom. The van der Waals surface area contributed by atoms with Crippen molar-refractivity contribution in [2.24, 2.45) is 11.7 Å². The Labute approximate surface area is 106 Å². The lowest BCUT2D eigenvalue weighted by Gasteiger charge is -2.32. The Hall–Kier alpha value is -1.15. The van der Waals surface area contributed by atoms with Crippen LogP contribution in [0.4, 0.5) is 13.2 Å². The molecule has 104 valence electrons. The smallest absolute Gasteiger partial charge is 0.424 e. The molecule has 3 fully saturated rings. The summed E-state index contributed by atoms with van der Waals surface area (Å²) in [6, 6.07) is 0.114. The third-order valence-corrected chi connectivity index (χ3v) is 4.56. The fourth-order valence-electron chi connectivity index (χ4n) is 2.99. The summed E-state index contributed by atoms with van der Waals surface area (Å²) >= 11 is 0. The van der Waals surface area contributed by atoms with Crippen LogP contribution in [0.15, 0.2) is 4.42 Å². The van der Waals surface area contributed by atoms with Gasteiger partial charge in [-0.05, 0) is 25.2 Å². The molecule has 0 radical (unpaired) electrons. The van der Waals surface area contributed by atoms with Crippen LogP contribution in [-0.4, -0.2) is 28.7 Å². The monoisotopic (exact) mass is 275 g/mol. The van der Waals surface area contributed by atoms with Crippen molar-refractivity contribution in [3.8, 4) is 0 Å². The Morgan fingerprint density at radius 3 is 2.53 bits per heavy atom. The van der Waals surface area contributed by atoms with Gasteiger partial charge in [0.25, 0.3) is 0 Å². The van der Waals surface area contributed by atoms with Crippen LogP contribution in [0.2, 0.25) is 0 Å². The van der Waals surface area contributed by atoms with E-state index >= 15 is 0 Å². The number of nitrogens with two attached hydrogens (primary N) is 1. The molecule has 3 aliphatic rings.